The molecule has 4 rings (SSSR count). The number of nitrogens with zero attached hydrogens (tertiary/aromatic N) is 2. The maximum atomic E-state index is 12.8. The van der Waals surface area contributed by atoms with Crippen molar-refractivity contribution in [3.05, 3.63) is 48.0 Å². The molecule has 0 atom stereocenters. The van der Waals surface area contributed by atoms with Gasteiger partial charge in [-0.15, -0.1) is 0 Å². The molecule has 0 bridgehead atoms. The highest BCUT2D eigenvalue weighted by Crippen LogP contribution is 2.32. The van der Waals surface area contributed by atoms with Crippen LogP contribution in [0.2, 0.25) is 0 Å². The maximum Gasteiger partial charge on any atom is 0.274 e. The number of rotatable bonds is 5. The number of thiazole rings is 1. The van der Waals surface area contributed by atoms with Gasteiger partial charge in [0.1, 0.15) is 11.9 Å². The summed E-state index contributed by atoms with van der Waals surface area (Å²) in [6.07, 6.45) is 1.56. The third kappa shape index (κ3) is 4.54. The highest BCUT2D eigenvalue weighted by molar-refractivity contribution is 7.20. The summed E-state index contributed by atoms with van der Waals surface area (Å²) < 4.78 is 12.4. The van der Waals surface area contributed by atoms with Crippen LogP contribution in [0.4, 0.5) is 5.69 Å². The largest absolute Gasteiger partial charge is 0.497 e. The van der Waals surface area contributed by atoms with E-state index in [9.17, 15) is 9.59 Å². The Bertz CT molecular complexity index is 1060. The predicted molar refractivity (Wildman–Crippen MR) is 116 cm³/mol. The molecule has 0 unspecified atom stereocenters. The van der Waals surface area contributed by atoms with E-state index in [2.05, 4.69) is 10.3 Å². The van der Waals surface area contributed by atoms with Crippen LogP contribution in [0.25, 0.3) is 10.2 Å². The molecule has 7 nitrogen and oxygen atoms in total. The molecule has 3 aromatic rings. The smallest absolute Gasteiger partial charge is 0.274 e. The first-order chi connectivity index (χ1) is 14.5. The molecule has 1 saturated heterocycles. The standard InChI is InChI=1S/C22H23N3O4S/c1-14(26)23-16-5-3-15(4-6-16)21(27)25-11-9-17(10-12-25)29-22-24-19-8-7-18(28-2)13-20(19)30-22/h3-8,13,17H,9-12H2,1-2H3,(H,23,26). The Balaban J connectivity index is 1.33. The summed E-state index contributed by atoms with van der Waals surface area (Å²) in [6.45, 7) is 2.72. The fraction of sp³-hybridized carbons (Fsp3) is 0.318. The van der Waals surface area contributed by atoms with E-state index in [1.807, 2.05) is 23.1 Å². The molecule has 0 aliphatic carbocycles. The average Bonchev–Trinajstić information content (AvgIpc) is 3.15. The first kappa shape index (κ1) is 20.2. The van der Waals surface area contributed by atoms with Crippen molar-refractivity contribution < 1.29 is 19.1 Å². The van der Waals surface area contributed by atoms with Gasteiger partial charge in [-0.3, -0.25) is 9.59 Å². The minimum atomic E-state index is -0.136. The normalized spacial score (nSPS) is 14.5. The third-order valence-electron chi connectivity index (χ3n) is 5.02. The van der Waals surface area contributed by atoms with Crippen molar-refractivity contribution in [1.29, 1.82) is 0 Å². The van der Waals surface area contributed by atoms with E-state index in [4.69, 9.17) is 9.47 Å². The lowest BCUT2D eigenvalue weighted by Crippen LogP contribution is -2.41. The van der Waals surface area contributed by atoms with Crippen molar-refractivity contribution >= 4 is 39.1 Å². The molecule has 1 aliphatic rings. The predicted octanol–water partition coefficient (Wildman–Crippen LogP) is 3.95. The van der Waals surface area contributed by atoms with Crippen molar-refractivity contribution in [2.45, 2.75) is 25.9 Å². The summed E-state index contributed by atoms with van der Waals surface area (Å²) in [5, 5.41) is 3.35. The number of methoxy groups -OCH3 is 1. The summed E-state index contributed by atoms with van der Waals surface area (Å²) >= 11 is 1.51. The number of hydrogen-bond acceptors (Lipinski definition) is 6. The Morgan fingerprint density at radius 2 is 1.87 bits per heavy atom. The van der Waals surface area contributed by atoms with Gasteiger partial charge in [-0.2, -0.15) is 0 Å². The molecule has 1 fully saturated rings. The minimum absolute atomic E-state index is 0.00472. The Morgan fingerprint density at radius 3 is 2.53 bits per heavy atom. The zero-order valence-corrected chi connectivity index (χ0v) is 17.7. The van der Waals surface area contributed by atoms with E-state index in [0.29, 0.717) is 29.5 Å². The number of carbonyl (C=O) groups is 2. The Labute approximate surface area is 178 Å². The Kier molecular flexibility index (Phi) is 5.85. The van der Waals surface area contributed by atoms with Gasteiger partial charge < -0.3 is 19.7 Å². The van der Waals surface area contributed by atoms with Crippen LogP contribution in [0, 0.1) is 0 Å². The van der Waals surface area contributed by atoms with Crippen molar-refractivity contribution in [3.63, 3.8) is 0 Å². The highest BCUT2D eigenvalue weighted by atomic mass is 32.1. The second-order valence-electron chi connectivity index (χ2n) is 7.18. The van der Waals surface area contributed by atoms with Crippen molar-refractivity contribution in [2.75, 3.05) is 25.5 Å². The lowest BCUT2D eigenvalue weighted by atomic mass is 10.1. The molecule has 2 aromatic carbocycles. The van der Waals surface area contributed by atoms with Gasteiger partial charge in [-0.25, -0.2) is 4.98 Å². The first-order valence-corrected chi connectivity index (χ1v) is 10.6. The van der Waals surface area contributed by atoms with Crippen LogP contribution in [0.15, 0.2) is 42.5 Å². The molecule has 0 saturated carbocycles. The number of carbonyl (C=O) groups excluding carboxylic acids is 2. The van der Waals surface area contributed by atoms with E-state index in [1.165, 1.54) is 18.3 Å². The second-order valence-corrected chi connectivity index (χ2v) is 8.17. The monoisotopic (exact) mass is 425 g/mol. The van der Waals surface area contributed by atoms with Crippen LogP contribution in [0.1, 0.15) is 30.1 Å². The molecule has 0 radical (unpaired) electrons. The number of ether oxygens (including phenoxy) is 2. The van der Waals surface area contributed by atoms with E-state index in [-0.39, 0.29) is 17.9 Å². The van der Waals surface area contributed by atoms with Crippen LogP contribution >= 0.6 is 11.3 Å². The molecule has 2 heterocycles. The molecule has 2 amide bonds. The minimum Gasteiger partial charge on any atom is -0.497 e. The summed E-state index contributed by atoms with van der Waals surface area (Å²) in [5.41, 5.74) is 2.19. The zero-order chi connectivity index (χ0) is 21.1. The summed E-state index contributed by atoms with van der Waals surface area (Å²) in [6, 6.07) is 12.7. The number of anilines is 1. The Morgan fingerprint density at radius 1 is 1.13 bits per heavy atom. The molecule has 1 N–H and O–H groups in total. The number of benzene rings is 2. The number of hydrogen-bond donors (Lipinski definition) is 1. The summed E-state index contributed by atoms with van der Waals surface area (Å²) in [7, 11) is 1.64. The van der Waals surface area contributed by atoms with Gasteiger partial charge >= 0.3 is 0 Å². The van der Waals surface area contributed by atoms with Gasteiger partial charge in [-0.05, 0) is 42.5 Å². The van der Waals surface area contributed by atoms with Crippen LogP contribution in [-0.4, -0.2) is 48.0 Å². The number of piperidine rings is 1. The van der Waals surface area contributed by atoms with E-state index >= 15 is 0 Å². The van der Waals surface area contributed by atoms with Gasteiger partial charge in [0.15, 0.2) is 0 Å². The van der Waals surface area contributed by atoms with Crippen molar-refractivity contribution in [2.24, 2.45) is 0 Å². The zero-order valence-electron chi connectivity index (χ0n) is 16.9. The van der Waals surface area contributed by atoms with Gasteiger partial charge in [0.05, 0.1) is 17.3 Å². The van der Waals surface area contributed by atoms with E-state index < -0.39 is 0 Å². The van der Waals surface area contributed by atoms with Crippen molar-refractivity contribution in [3.8, 4) is 10.9 Å². The molecule has 1 aromatic heterocycles. The third-order valence-corrected chi connectivity index (χ3v) is 5.93. The SMILES string of the molecule is COc1ccc2nc(OC3CCN(C(=O)c4ccc(NC(C)=O)cc4)CC3)sc2c1. The Hall–Kier alpha value is -3.13. The molecule has 0 spiro atoms. The lowest BCUT2D eigenvalue weighted by molar-refractivity contribution is -0.114. The molecule has 1 aliphatic heterocycles. The van der Waals surface area contributed by atoms with E-state index in [1.54, 1.807) is 31.4 Å². The fourth-order valence-electron chi connectivity index (χ4n) is 3.46. The molecule has 156 valence electrons. The van der Waals surface area contributed by atoms with Crippen LogP contribution in [0.3, 0.4) is 0 Å². The fourth-order valence-corrected chi connectivity index (χ4v) is 4.37. The van der Waals surface area contributed by atoms with Gasteiger partial charge in [0.2, 0.25) is 5.91 Å². The first-order valence-electron chi connectivity index (χ1n) is 9.80. The van der Waals surface area contributed by atoms with Gasteiger partial charge in [0, 0.05) is 44.1 Å². The van der Waals surface area contributed by atoms with Crippen LogP contribution in [0.5, 0.6) is 10.9 Å². The lowest BCUT2D eigenvalue weighted by Gasteiger charge is -2.31. The van der Waals surface area contributed by atoms with Gasteiger partial charge in [0.25, 0.3) is 11.1 Å². The molecular weight excluding hydrogens is 402 g/mol. The van der Waals surface area contributed by atoms with Gasteiger partial charge in [-0.1, -0.05) is 11.3 Å². The number of nitrogens with one attached hydrogen (secondary N) is 1. The highest BCUT2D eigenvalue weighted by Gasteiger charge is 2.25. The molecule has 30 heavy (non-hydrogen) atoms. The summed E-state index contributed by atoms with van der Waals surface area (Å²) in [4.78, 5) is 30.3. The number of aromatic nitrogens is 1. The summed E-state index contributed by atoms with van der Waals surface area (Å²) in [5.74, 6) is 0.660. The average molecular weight is 426 g/mol. The number of fused-ring (bicyclic) bond motifs is 1. The number of likely N-dealkylation sites (tertiary alicyclic amines) is 1. The van der Waals surface area contributed by atoms with Crippen LogP contribution in [-0.2, 0) is 4.79 Å². The molecular formula is C22H23N3O4S. The van der Waals surface area contributed by atoms with Crippen LogP contribution < -0.4 is 14.8 Å². The van der Waals surface area contributed by atoms with E-state index in [0.717, 1.165) is 28.8 Å². The van der Waals surface area contributed by atoms with Crippen molar-refractivity contribution in [1.82, 2.24) is 9.88 Å². The maximum absolute atomic E-state index is 12.8. The molecule has 8 heteroatoms. The second kappa shape index (κ2) is 8.71. The topological polar surface area (TPSA) is 80.8 Å². The number of amides is 2. The quantitative estimate of drug-likeness (QED) is 0.670.